The van der Waals surface area contributed by atoms with Gasteiger partial charge in [0.1, 0.15) is 6.04 Å². The molecule has 2 rings (SSSR count). The first-order valence-corrected chi connectivity index (χ1v) is 6.71. The molecule has 1 amide bonds. The van der Waals surface area contributed by atoms with Gasteiger partial charge < -0.3 is 25.1 Å². The lowest BCUT2D eigenvalue weighted by atomic mass is 10.1. The number of ether oxygens (including phenoxy) is 1. The van der Waals surface area contributed by atoms with Gasteiger partial charge in [-0.25, -0.2) is 9.59 Å². The highest BCUT2D eigenvalue weighted by Crippen LogP contribution is 2.18. The Balaban J connectivity index is 2.05. The molecule has 2 aromatic rings. The minimum Gasteiger partial charge on any atom is -0.492 e. The number of rotatable bonds is 5. The summed E-state index contributed by atoms with van der Waals surface area (Å²) in [5.41, 5.74) is 0.815. The molecular formula is C15H16N2O6. The quantitative estimate of drug-likeness (QED) is 0.704. The van der Waals surface area contributed by atoms with E-state index in [4.69, 9.17) is 4.84 Å². The third-order valence-corrected chi connectivity index (χ3v) is 3.03. The maximum Gasteiger partial charge on any atom is 0.432 e. The van der Waals surface area contributed by atoms with Crippen molar-refractivity contribution in [2.45, 2.75) is 12.5 Å². The number of hydrogen-bond donors (Lipinski definition) is 3. The summed E-state index contributed by atoms with van der Waals surface area (Å²) in [6.45, 7) is 0. The van der Waals surface area contributed by atoms with Gasteiger partial charge in [0.15, 0.2) is 0 Å². The third-order valence-electron chi connectivity index (χ3n) is 3.03. The largest absolute Gasteiger partial charge is 0.492 e. The summed E-state index contributed by atoms with van der Waals surface area (Å²) in [7, 11) is 1.21. The molecule has 0 aliphatic carbocycles. The fraction of sp³-hybridized carbons (Fsp3) is 0.200. The number of amides is 1. The van der Waals surface area contributed by atoms with Crippen molar-refractivity contribution in [3.63, 3.8) is 0 Å². The van der Waals surface area contributed by atoms with E-state index in [1.165, 1.54) is 7.11 Å². The molecule has 0 radical (unpaired) electrons. The predicted molar refractivity (Wildman–Crippen MR) is 78.8 cm³/mol. The Morgan fingerprint density at radius 1 is 1.13 bits per heavy atom. The topological polar surface area (TPSA) is 110 Å². The monoisotopic (exact) mass is 320 g/mol. The molecule has 0 bridgehead atoms. The van der Waals surface area contributed by atoms with E-state index in [0.29, 0.717) is 4.73 Å². The average molecular weight is 320 g/mol. The number of hydrogen-bond acceptors (Lipinski definition) is 6. The van der Waals surface area contributed by atoms with Gasteiger partial charge in [-0.3, -0.25) is 0 Å². The molecular weight excluding hydrogens is 304 g/mol. The summed E-state index contributed by atoms with van der Waals surface area (Å²) in [4.78, 5) is 28.4. The van der Waals surface area contributed by atoms with Crippen molar-refractivity contribution in [2.75, 3.05) is 7.11 Å². The number of nitrogens with one attached hydrogen (secondary N) is 1. The zero-order chi connectivity index (χ0) is 16.8. The Morgan fingerprint density at radius 2 is 1.74 bits per heavy atom. The minimum atomic E-state index is -1.03. The van der Waals surface area contributed by atoms with Crippen LogP contribution in [0.4, 0.5) is 4.79 Å². The van der Waals surface area contributed by atoms with Crippen LogP contribution in [0.2, 0.25) is 0 Å². The van der Waals surface area contributed by atoms with E-state index < -0.39 is 29.9 Å². The van der Waals surface area contributed by atoms with E-state index in [1.807, 2.05) is 6.07 Å². The van der Waals surface area contributed by atoms with Crippen LogP contribution in [0, 0.1) is 0 Å². The van der Waals surface area contributed by atoms with Crippen molar-refractivity contribution in [3.05, 3.63) is 48.0 Å². The first-order chi connectivity index (χ1) is 11.0. The summed E-state index contributed by atoms with van der Waals surface area (Å²) in [5, 5.41) is 21.2. The Kier molecular flexibility index (Phi) is 5.08. The van der Waals surface area contributed by atoms with Crippen LogP contribution in [0.25, 0.3) is 0 Å². The molecule has 0 fully saturated rings. The smallest absolute Gasteiger partial charge is 0.432 e. The molecule has 122 valence electrons. The zero-order valence-corrected chi connectivity index (χ0v) is 12.3. The van der Waals surface area contributed by atoms with Crippen LogP contribution in [0.5, 0.6) is 11.8 Å². The van der Waals surface area contributed by atoms with Gasteiger partial charge in [-0.2, -0.15) is 0 Å². The molecule has 1 aromatic carbocycles. The van der Waals surface area contributed by atoms with Gasteiger partial charge >= 0.3 is 12.1 Å². The molecule has 1 heterocycles. The van der Waals surface area contributed by atoms with Gasteiger partial charge in [0, 0.05) is 18.6 Å². The molecule has 0 unspecified atom stereocenters. The highest BCUT2D eigenvalue weighted by molar-refractivity contribution is 5.81. The maximum atomic E-state index is 11.9. The van der Waals surface area contributed by atoms with Crippen molar-refractivity contribution in [1.82, 2.24) is 10.0 Å². The molecule has 0 spiro atoms. The first kappa shape index (κ1) is 16.2. The Hall–Kier alpha value is -3.16. The van der Waals surface area contributed by atoms with Crippen molar-refractivity contribution in [1.29, 1.82) is 0 Å². The lowest BCUT2D eigenvalue weighted by Gasteiger charge is -2.16. The lowest BCUT2D eigenvalue weighted by molar-refractivity contribution is -0.143. The average Bonchev–Trinajstić information content (AvgIpc) is 2.86. The number of carbonyl (C=O) groups excluding carboxylic acids is 2. The minimum absolute atomic E-state index is 0.201. The molecule has 0 saturated heterocycles. The molecule has 3 N–H and O–H groups in total. The molecule has 8 nitrogen and oxygen atoms in total. The van der Waals surface area contributed by atoms with Crippen LogP contribution in [0.1, 0.15) is 5.56 Å². The van der Waals surface area contributed by atoms with E-state index in [1.54, 1.807) is 24.3 Å². The summed E-state index contributed by atoms with van der Waals surface area (Å²) in [5.74, 6) is -1.57. The number of aromatic hydroxyl groups is 2. The van der Waals surface area contributed by atoms with Gasteiger partial charge in [-0.15, -0.1) is 4.73 Å². The number of nitrogens with zero attached hydrogens (tertiary/aromatic N) is 1. The number of esters is 1. The Bertz CT molecular complexity index is 663. The SMILES string of the molecule is COC(=O)[C@H](Cc1ccccc1)NC(=O)On1c(O)ccc1O. The van der Waals surface area contributed by atoms with E-state index in [0.717, 1.165) is 17.7 Å². The van der Waals surface area contributed by atoms with Crippen LogP contribution in [-0.2, 0) is 16.0 Å². The van der Waals surface area contributed by atoms with Gasteiger partial charge in [-0.1, -0.05) is 30.3 Å². The van der Waals surface area contributed by atoms with Crippen molar-refractivity contribution in [3.8, 4) is 11.8 Å². The normalized spacial score (nSPS) is 11.5. The fourth-order valence-electron chi connectivity index (χ4n) is 1.93. The molecule has 8 heteroatoms. The van der Waals surface area contributed by atoms with Crippen molar-refractivity contribution >= 4 is 12.1 Å². The second-order valence-electron chi connectivity index (χ2n) is 4.63. The van der Waals surface area contributed by atoms with Gasteiger partial charge in [0.05, 0.1) is 7.11 Å². The van der Waals surface area contributed by atoms with Crippen LogP contribution in [0.3, 0.4) is 0 Å². The predicted octanol–water partition coefficient (Wildman–Crippen LogP) is 0.822. The molecule has 0 aliphatic rings. The molecule has 1 aromatic heterocycles. The lowest BCUT2D eigenvalue weighted by Crippen LogP contribution is -2.45. The molecule has 23 heavy (non-hydrogen) atoms. The highest BCUT2D eigenvalue weighted by Gasteiger charge is 2.24. The number of methoxy groups -OCH3 is 1. The second kappa shape index (κ2) is 7.21. The summed E-state index contributed by atoms with van der Waals surface area (Å²) in [6.07, 6.45) is -0.829. The summed E-state index contributed by atoms with van der Waals surface area (Å²) < 4.78 is 5.17. The van der Waals surface area contributed by atoms with Crippen LogP contribution in [0.15, 0.2) is 42.5 Å². The van der Waals surface area contributed by atoms with Gasteiger partial charge in [0.2, 0.25) is 11.8 Å². The van der Waals surface area contributed by atoms with Crippen LogP contribution >= 0.6 is 0 Å². The number of benzene rings is 1. The third kappa shape index (κ3) is 4.16. The Morgan fingerprint density at radius 3 is 2.30 bits per heavy atom. The summed E-state index contributed by atoms with van der Waals surface area (Å²) in [6, 6.07) is 10.3. The van der Waals surface area contributed by atoms with Crippen molar-refractivity contribution in [2.24, 2.45) is 0 Å². The first-order valence-electron chi connectivity index (χ1n) is 6.71. The molecule has 1 atom stereocenters. The summed E-state index contributed by atoms with van der Waals surface area (Å²) >= 11 is 0. The molecule has 0 saturated carbocycles. The molecule has 0 aliphatic heterocycles. The van der Waals surface area contributed by atoms with Crippen molar-refractivity contribution < 1.29 is 29.4 Å². The van der Waals surface area contributed by atoms with E-state index >= 15 is 0 Å². The van der Waals surface area contributed by atoms with Gasteiger partial charge in [-0.05, 0) is 5.56 Å². The van der Waals surface area contributed by atoms with E-state index in [-0.39, 0.29) is 6.42 Å². The van der Waals surface area contributed by atoms with Gasteiger partial charge in [0.25, 0.3) is 0 Å². The number of aromatic nitrogens is 1. The van der Waals surface area contributed by atoms with Crippen LogP contribution in [-0.4, -0.2) is 40.2 Å². The highest BCUT2D eigenvalue weighted by atomic mass is 16.7. The van der Waals surface area contributed by atoms with Crippen LogP contribution < -0.4 is 10.2 Å². The zero-order valence-electron chi connectivity index (χ0n) is 12.3. The number of carbonyl (C=O) groups is 2. The van der Waals surface area contributed by atoms with E-state index in [2.05, 4.69) is 10.1 Å². The Labute approximate surface area is 131 Å². The second-order valence-corrected chi connectivity index (χ2v) is 4.63. The standard InChI is InChI=1S/C15H16N2O6/c1-22-14(20)11(9-10-5-3-2-4-6-10)16-15(21)23-17-12(18)7-8-13(17)19/h2-8,11,18-19H,9H2,1H3,(H,16,21)/t11-/m0/s1. The van der Waals surface area contributed by atoms with E-state index in [9.17, 15) is 19.8 Å². The fourth-order valence-corrected chi connectivity index (χ4v) is 1.93. The maximum absolute atomic E-state index is 11.9.